The van der Waals surface area contributed by atoms with E-state index in [4.69, 9.17) is 6.57 Å². The summed E-state index contributed by atoms with van der Waals surface area (Å²) in [7, 11) is 0. The van der Waals surface area contributed by atoms with Gasteiger partial charge in [0.15, 0.2) is 5.70 Å². The Morgan fingerprint density at radius 2 is 2.17 bits per heavy atom. The summed E-state index contributed by atoms with van der Waals surface area (Å²) >= 11 is 0. The second kappa shape index (κ2) is 5.20. The van der Waals surface area contributed by atoms with Crippen LogP contribution in [0.3, 0.4) is 0 Å². The normalized spacial score (nSPS) is 19.4. The van der Waals surface area contributed by atoms with E-state index in [1.54, 1.807) is 31.3 Å². The van der Waals surface area contributed by atoms with E-state index >= 15 is 0 Å². The zero-order valence-electron chi connectivity index (χ0n) is 13.0. The largest absolute Gasteiger partial charge is 0.354 e. The number of nitrogens with one attached hydrogen (secondary N) is 2. The summed E-state index contributed by atoms with van der Waals surface area (Å²) in [6.07, 6.45) is 3.72. The highest BCUT2D eigenvalue weighted by molar-refractivity contribution is 5.66. The molecule has 1 atom stereocenters. The zero-order chi connectivity index (χ0) is 16.8. The number of rotatable bonds is 3. The van der Waals surface area contributed by atoms with E-state index in [-0.39, 0.29) is 10.6 Å². The number of para-hydroxylation sites is 1. The Balaban J connectivity index is 1.98. The quantitative estimate of drug-likeness (QED) is 0.512. The van der Waals surface area contributed by atoms with E-state index in [0.717, 1.165) is 29.9 Å². The number of fused-ring (bicyclic) bond motifs is 1. The zero-order valence-corrected chi connectivity index (χ0v) is 13.0. The Kier molecular flexibility index (Phi) is 3.13. The van der Waals surface area contributed by atoms with Crippen LogP contribution in [0.1, 0.15) is 35.4 Å². The van der Waals surface area contributed by atoms with Gasteiger partial charge in [-0.3, -0.25) is 15.2 Å². The van der Waals surface area contributed by atoms with Crippen molar-refractivity contribution in [3.05, 3.63) is 74.0 Å². The summed E-state index contributed by atoms with van der Waals surface area (Å²) < 4.78 is 0. The van der Waals surface area contributed by atoms with E-state index < -0.39 is 5.92 Å². The van der Waals surface area contributed by atoms with Gasteiger partial charge in [-0.25, -0.2) is 4.85 Å². The molecular weight excluding hydrogens is 306 g/mol. The van der Waals surface area contributed by atoms with Gasteiger partial charge in [0.05, 0.1) is 23.6 Å². The third-order valence-electron chi connectivity index (χ3n) is 4.66. The van der Waals surface area contributed by atoms with Gasteiger partial charge in [-0.15, -0.1) is 0 Å². The van der Waals surface area contributed by atoms with Gasteiger partial charge < -0.3 is 5.32 Å². The lowest BCUT2D eigenvalue weighted by Crippen LogP contribution is -2.19. The number of H-pyrrole nitrogens is 1. The summed E-state index contributed by atoms with van der Waals surface area (Å²) in [6, 6.07) is 5.27. The van der Waals surface area contributed by atoms with Crippen molar-refractivity contribution in [3.63, 3.8) is 0 Å². The number of aromatic nitrogens is 2. The summed E-state index contributed by atoms with van der Waals surface area (Å²) in [5, 5.41) is 21.9. The molecule has 0 radical (unpaired) electrons. The third-order valence-corrected chi connectivity index (χ3v) is 4.66. The maximum Gasteiger partial charge on any atom is 0.275 e. The first-order chi connectivity index (χ1) is 11.6. The molecule has 0 bridgehead atoms. The minimum absolute atomic E-state index is 0.0767. The first kappa shape index (κ1) is 14.5. The monoisotopic (exact) mass is 321 g/mol. The topological polar surface area (TPSA) is 88.2 Å². The second-order valence-electron chi connectivity index (χ2n) is 6.21. The number of anilines is 1. The Morgan fingerprint density at radius 1 is 1.38 bits per heavy atom. The maximum atomic E-state index is 11.6. The Labute approximate surface area is 138 Å². The van der Waals surface area contributed by atoms with Gasteiger partial charge in [-0.2, -0.15) is 5.10 Å². The molecule has 2 N–H and O–H groups in total. The van der Waals surface area contributed by atoms with Crippen molar-refractivity contribution in [1.29, 1.82) is 0 Å². The van der Waals surface area contributed by atoms with Crippen molar-refractivity contribution >= 4 is 11.5 Å². The molecule has 7 heteroatoms. The van der Waals surface area contributed by atoms with E-state index in [9.17, 15) is 10.1 Å². The molecule has 1 saturated carbocycles. The highest BCUT2D eigenvalue weighted by Gasteiger charge is 2.40. The summed E-state index contributed by atoms with van der Waals surface area (Å²) in [6.45, 7) is 9.41. The van der Waals surface area contributed by atoms with Crippen molar-refractivity contribution < 1.29 is 4.92 Å². The predicted molar refractivity (Wildman–Crippen MR) is 88.2 cm³/mol. The molecule has 24 heavy (non-hydrogen) atoms. The van der Waals surface area contributed by atoms with Crippen molar-refractivity contribution in [2.75, 3.05) is 5.32 Å². The molecule has 2 heterocycles. The van der Waals surface area contributed by atoms with Gasteiger partial charge in [0.1, 0.15) is 5.82 Å². The number of aryl methyl sites for hydroxylation is 1. The van der Waals surface area contributed by atoms with Crippen LogP contribution in [0.5, 0.6) is 0 Å². The number of benzene rings is 1. The lowest BCUT2D eigenvalue weighted by molar-refractivity contribution is -0.386. The van der Waals surface area contributed by atoms with Crippen molar-refractivity contribution in [1.82, 2.24) is 10.2 Å². The highest BCUT2D eigenvalue weighted by Crippen LogP contribution is 2.49. The molecule has 1 unspecified atom stereocenters. The van der Waals surface area contributed by atoms with Crippen molar-refractivity contribution in [3.8, 4) is 0 Å². The molecule has 0 spiro atoms. The van der Waals surface area contributed by atoms with Gasteiger partial charge in [-0.1, -0.05) is 18.2 Å². The van der Waals surface area contributed by atoms with Gasteiger partial charge in [-0.05, 0) is 25.7 Å². The van der Waals surface area contributed by atoms with Gasteiger partial charge in [0.2, 0.25) is 0 Å². The molecular formula is C17H15N5O2. The van der Waals surface area contributed by atoms with Crippen LogP contribution >= 0.6 is 0 Å². The van der Waals surface area contributed by atoms with Crippen LogP contribution in [0.25, 0.3) is 4.85 Å². The fourth-order valence-electron chi connectivity index (χ4n) is 3.40. The number of nitro groups is 1. The number of nitro benzene ring substituents is 1. The SMILES string of the molecule is [C-]#[N+]C1=C(C2CC2)Nc2[nH]ncc2C1c1cccc(C)c1[N+](=O)[O-]. The summed E-state index contributed by atoms with van der Waals surface area (Å²) in [4.78, 5) is 15.0. The average molecular weight is 321 g/mol. The molecule has 1 aliphatic carbocycles. The standard InChI is InChI=1S/C17H15N5O2/c1-9-4-3-5-11(16(9)22(23)24)13-12-8-19-21-17(12)20-14(10-6-7-10)15(13)18-2/h3-5,8,10,13H,6-7H2,1H3,(H2,19,20,21). The third kappa shape index (κ3) is 2.07. The Hall–Kier alpha value is -3.14. The molecule has 1 aliphatic heterocycles. The van der Waals surface area contributed by atoms with E-state index in [2.05, 4.69) is 20.4 Å². The van der Waals surface area contributed by atoms with Crippen LogP contribution in [0.2, 0.25) is 0 Å². The Bertz CT molecular complexity index is 917. The molecule has 120 valence electrons. The number of nitrogens with zero attached hydrogens (tertiary/aromatic N) is 3. The number of hydrogen-bond acceptors (Lipinski definition) is 4. The lowest BCUT2D eigenvalue weighted by atomic mass is 9.84. The van der Waals surface area contributed by atoms with Crippen molar-refractivity contribution in [2.24, 2.45) is 5.92 Å². The van der Waals surface area contributed by atoms with Crippen LogP contribution in [0, 0.1) is 29.5 Å². The smallest absolute Gasteiger partial charge is 0.275 e. The van der Waals surface area contributed by atoms with Crippen molar-refractivity contribution in [2.45, 2.75) is 25.7 Å². The van der Waals surface area contributed by atoms with Gasteiger partial charge >= 0.3 is 0 Å². The molecule has 4 rings (SSSR count). The molecule has 2 aromatic rings. The van der Waals surface area contributed by atoms with Gasteiger partial charge in [0, 0.05) is 22.4 Å². The fraction of sp³-hybridized carbons (Fsp3) is 0.294. The first-order valence-corrected chi connectivity index (χ1v) is 7.77. The molecule has 0 amide bonds. The number of aromatic amines is 1. The lowest BCUT2D eigenvalue weighted by Gasteiger charge is -2.26. The highest BCUT2D eigenvalue weighted by atomic mass is 16.6. The first-order valence-electron chi connectivity index (χ1n) is 7.77. The van der Waals surface area contributed by atoms with Gasteiger partial charge in [0.25, 0.3) is 5.69 Å². The van der Waals surface area contributed by atoms with Crippen LogP contribution in [-0.4, -0.2) is 15.1 Å². The molecule has 2 aliphatic rings. The van der Waals surface area contributed by atoms with E-state index in [1.165, 1.54) is 0 Å². The van der Waals surface area contributed by atoms with Crippen LogP contribution in [-0.2, 0) is 0 Å². The Morgan fingerprint density at radius 3 is 2.83 bits per heavy atom. The molecule has 1 aromatic heterocycles. The van der Waals surface area contributed by atoms with Crippen LogP contribution in [0.4, 0.5) is 11.5 Å². The minimum atomic E-state index is -0.464. The minimum Gasteiger partial charge on any atom is -0.354 e. The molecule has 1 fully saturated rings. The predicted octanol–water partition coefficient (Wildman–Crippen LogP) is 3.72. The fourth-order valence-corrected chi connectivity index (χ4v) is 3.40. The molecule has 0 saturated heterocycles. The average Bonchev–Trinajstić information content (AvgIpc) is 3.30. The summed E-state index contributed by atoms with van der Waals surface area (Å²) in [5.74, 6) is 0.593. The molecule has 1 aromatic carbocycles. The number of hydrogen-bond donors (Lipinski definition) is 2. The number of allylic oxidation sites excluding steroid dienone is 2. The molecule has 7 nitrogen and oxygen atoms in total. The summed E-state index contributed by atoms with van der Waals surface area (Å²) in [5.41, 5.74) is 3.42. The maximum absolute atomic E-state index is 11.6. The van der Waals surface area contributed by atoms with E-state index in [1.807, 2.05) is 0 Å². The van der Waals surface area contributed by atoms with E-state index in [0.29, 0.717) is 22.7 Å². The second-order valence-corrected chi connectivity index (χ2v) is 6.21. The van der Waals surface area contributed by atoms with Crippen LogP contribution in [0.15, 0.2) is 35.8 Å². The van der Waals surface area contributed by atoms with Crippen LogP contribution < -0.4 is 5.32 Å².